The molecule has 3 rings (SSSR count). The fraction of sp³-hybridized carbons (Fsp3) is 0.0714. The topological polar surface area (TPSA) is 85.3 Å². The number of aromatic carboxylic acids is 1. The molecule has 2 aromatic heterocycles. The van der Waals surface area contributed by atoms with Crippen molar-refractivity contribution in [1.29, 1.82) is 0 Å². The van der Waals surface area contributed by atoms with E-state index in [9.17, 15) is 9.59 Å². The van der Waals surface area contributed by atoms with Gasteiger partial charge in [-0.15, -0.1) is 0 Å². The zero-order valence-corrected chi connectivity index (χ0v) is 10.5. The minimum atomic E-state index is -1.18. The van der Waals surface area contributed by atoms with Crippen molar-refractivity contribution in [3.63, 3.8) is 0 Å². The van der Waals surface area contributed by atoms with Crippen LogP contribution in [0, 0.1) is 6.92 Å². The Morgan fingerprint density at radius 1 is 1.25 bits per heavy atom. The van der Waals surface area contributed by atoms with E-state index in [0.717, 1.165) is 10.1 Å². The molecule has 0 aliphatic heterocycles. The van der Waals surface area contributed by atoms with Crippen LogP contribution in [0.3, 0.4) is 0 Å². The second-order valence-electron chi connectivity index (χ2n) is 4.31. The molecule has 1 aromatic carbocycles. The lowest BCUT2D eigenvalue weighted by Crippen LogP contribution is -2.14. The summed E-state index contributed by atoms with van der Waals surface area (Å²) in [5.41, 5.74) is 1.13. The van der Waals surface area contributed by atoms with Gasteiger partial charge in [0.25, 0.3) is 0 Å². The summed E-state index contributed by atoms with van der Waals surface area (Å²) in [6.45, 7) is 1.78. The maximum atomic E-state index is 12.3. The highest BCUT2D eigenvalue weighted by Gasteiger charge is 2.20. The van der Waals surface area contributed by atoms with Crippen molar-refractivity contribution >= 4 is 22.8 Å². The Hall–Kier alpha value is -2.89. The van der Waals surface area contributed by atoms with Gasteiger partial charge >= 0.3 is 11.9 Å². The quantitative estimate of drug-likeness (QED) is 0.772. The van der Waals surface area contributed by atoms with E-state index in [-0.39, 0.29) is 11.5 Å². The van der Waals surface area contributed by atoms with Gasteiger partial charge in [-0.2, -0.15) is 5.10 Å². The van der Waals surface area contributed by atoms with Gasteiger partial charge in [-0.1, -0.05) is 18.2 Å². The normalized spacial score (nSPS) is 10.8. The number of aromatic nitrogens is 2. The molecule has 1 N–H and O–H groups in total. The first-order valence-electron chi connectivity index (χ1n) is 5.89. The molecular formula is C14H10N2O4. The summed E-state index contributed by atoms with van der Waals surface area (Å²) in [7, 11) is 0. The molecule has 6 heteroatoms. The van der Waals surface area contributed by atoms with Crippen molar-refractivity contribution in [1.82, 2.24) is 9.78 Å². The molecule has 0 bridgehead atoms. The molecule has 0 aliphatic carbocycles. The van der Waals surface area contributed by atoms with Crippen LogP contribution in [0.2, 0.25) is 0 Å². The smallest absolute Gasteiger partial charge is 0.356 e. The van der Waals surface area contributed by atoms with E-state index >= 15 is 0 Å². The second kappa shape index (κ2) is 4.34. The number of fused-ring (bicyclic) bond motifs is 1. The zero-order chi connectivity index (χ0) is 14.3. The number of benzene rings is 1. The molecule has 0 unspecified atom stereocenters. The van der Waals surface area contributed by atoms with Gasteiger partial charge in [-0.3, -0.25) is 4.79 Å². The van der Waals surface area contributed by atoms with Crippen LogP contribution in [0.1, 0.15) is 26.6 Å². The Kier molecular flexibility index (Phi) is 2.64. The number of carbonyl (C=O) groups is 2. The minimum absolute atomic E-state index is 0.159. The van der Waals surface area contributed by atoms with Gasteiger partial charge in [0, 0.05) is 17.1 Å². The molecule has 0 radical (unpaired) electrons. The third-order valence-corrected chi connectivity index (χ3v) is 3.05. The first-order valence-corrected chi connectivity index (χ1v) is 5.89. The Morgan fingerprint density at radius 3 is 2.65 bits per heavy atom. The Balaban J connectivity index is 2.07. The highest BCUT2D eigenvalue weighted by atomic mass is 16.4. The summed E-state index contributed by atoms with van der Waals surface area (Å²) < 4.78 is 6.49. The molecule has 0 fully saturated rings. The number of carbonyl (C=O) groups excluding carboxylic acids is 1. The predicted molar refractivity (Wildman–Crippen MR) is 69.9 cm³/mol. The van der Waals surface area contributed by atoms with Gasteiger partial charge in [0.15, 0.2) is 11.5 Å². The average molecular weight is 270 g/mol. The molecular weight excluding hydrogens is 260 g/mol. The van der Waals surface area contributed by atoms with Gasteiger partial charge in [-0.05, 0) is 19.1 Å². The van der Waals surface area contributed by atoms with Gasteiger partial charge in [-0.25, -0.2) is 9.48 Å². The molecule has 0 atom stereocenters. The van der Waals surface area contributed by atoms with E-state index in [2.05, 4.69) is 5.10 Å². The lowest BCUT2D eigenvalue weighted by molar-refractivity contribution is 0.0689. The van der Waals surface area contributed by atoms with Crippen LogP contribution in [0.25, 0.3) is 11.0 Å². The molecule has 0 amide bonds. The van der Waals surface area contributed by atoms with E-state index in [1.54, 1.807) is 13.0 Å². The van der Waals surface area contributed by atoms with Gasteiger partial charge in [0.2, 0.25) is 0 Å². The van der Waals surface area contributed by atoms with E-state index < -0.39 is 11.9 Å². The minimum Gasteiger partial charge on any atom is -0.476 e. The maximum Gasteiger partial charge on any atom is 0.356 e. The summed E-state index contributed by atoms with van der Waals surface area (Å²) >= 11 is 0. The molecule has 0 aliphatic rings. The number of para-hydroxylation sites is 1. The lowest BCUT2D eigenvalue weighted by atomic mass is 10.1. The number of hydrogen-bond acceptors (Lipinski definition) is 4. The van der Waals surface area contributed by atoms with E-state index in [1.807, 2.05) is 18.2 Å². The fourth-order valence-electron chi connectivity index (χ4n) is 2.03. The lowest BCUT2D eigenvalue weighted by Gasteiger charge is -1.97. The molecule has 0 saturated heterocycles. The van der Waals surface area contributed by atoms with Gasteiger partial charge in [0.05, 0.1) is 0 Å². The first kappa shape index (κ1) is 12.2. The fourth-order valence-corrected chi connectivity index (χ4v) is 2.03. The monoisotopic (exact) mass is 270 g/mol. The number of nitrogens with zero attached hydrogens (tertiary/aromatic N) is 2. The van der Waals surface area contributed by atoms with Crippen LogP contribution in [-0.2, 0) is 0 Å². The number of furan rings is 1. The zero-order valence-electron chi connectivity index (χ0n) is 10.5. The van der Waals surface area contributed by atoms with Crippen molar-refractivity contribution in [2.24, 2.45) is 0 Å². The number of aryl methyl sites for hydroxylation is 1. The van der Waals surface area contributed by atoms with Gasteiger partial charge in [0.1, 0.15) is 5.58 Å². The molecule has 100 valence electrons. The largest absolute Gasteiger partial charge is 0.476 e. The summed E-state index contributed by atoms with van der Waals surface area (Å²) in [5, 5.41) is 13.4. The second-order valence-corrected chi connectivity index (χ2v) is 4.31. The number of rotatable bonds is 2. The molecule has 0 spiro atoms. The van der Waals surface area contributed by atoms with Crippen molar-refractivity contribution in [3.8, 4) is 0 Å². The SMILES string of the molecule is Cc1c(C(=O)n2ccc(C(=O)O)n2)oc2ccccc12. The highest BCUT2D eigenvalue weighted by molar-refractivity contribution is 6.00. The van der Waals surface area contributed by atoms with Gasteiger partial charge < -0.3 is 9.52 Å². The summed E-state index contributed by atoms with van der Waals surface area (Å²) in [4.78, 5) is 23.1. The summed E-state index contributed by atoms with van der Waals surface area (Å²) in [6.07, 6.45) is 1.30. The van der Waals surface area contributed by atoms with Crippen LogP contribution in [0.5, 0.6) is 0 Å². The van der Waals surface area contributed by atoms with Crippen LogP contribution < -0.4 is 0 Å². The first-order chi connectivity index (χ1) is 9.58. The molecule has 2 heterocycles. The number of carboxylic acids is 1. The van der Waals surface area contributed by atoms with Crippen LogP contribution in [0.4, 0.5) is 0 Å². The third-order valence-electron chi connectivity index (χ3n) is 3.05. The molecule has 3 aromatic rings. The molecule has 6 nitrogen and oxygen atoms in total. The molecule has 0 saturated carbocycles. The Labute approximate surface area is 113 Å². The average Bonchev–Trinajstić information content (AvgIpc) is 3.04. The van der Waals surface area contributed by atoms with Crippen molar-refractivity contribution < 1.29 is 19.1 Å². The van der Waals surface area contributed by atoms with E-state index in [0.29, 0.717) is 11.1 Å². The molecule has 20 heavy (non-hydrogen) atoms. The van der Waals surface area contributed by atoms with E-state index in [1.165, 1.54) is 12.3 Å². The maximum absolute atomic E-state index is 12.3. The Bertz CT molecular complexity index is 829. The summed E-state index contributed by atoms with van der Waals surface area (Å²) in [5.74, 6) is -1.52. The van der Waals surface area contributed by atoms with Crippen molar-refractivity contribution in [2.75, 3.05) is 0 Å². The standard InChI is InChI=1S/C14H10N2O4/c1-8-9-4-2-3-5-11(9)20-12(8)13(17)16-7-6-10(15-16)14(18)19/h2-7H,1H3,(H,18,19). The summed E-state index contributed by atoms with van der Waals surface area (Å²) in [6, 6.07) is 8.56. The third kappa shape index (κ3) is 1.78. The predicted octanol–water partition coefficient (Wildman–Crippen LogP) is 2.32. The number of carboxylic acid groups (broad SMARTS) is 1. The van der Waals surface area contributed by atoms with Crippen molar-refractivity contribution in [3.05, 3.63) is 53.5 Å². The van der Waals surface area contributed by atoms with Crippen molar-refractivity contribution in [2.45, 2.75) is 6.92 Å². The van der Waals surface area contributed by atoms with Crippen LogP contribution in [0.15, 0.2) is 40.9 Å². The van der Waals surface area contributed by atoms with Crippen LogP contribution in [-0.4, -0.2) is 26.8 Å². The van der Waals surface area contributed by atoms with E-state index in [4.69, 9.17) is 9.52 Å². The Morgan fingerprint density at radius 2 is 2.00 bits per heavy atom. The number of hydrogen-bond donors (Lipinski definition) is 1. The highest BCUT2D eigenvalue weighted by Crippen LogP contribution is 2.25. The van der Waals surface area contributed by atoms with Crippen LogP contribution >= 0.6 is 0 Å².